The van der Waals surface area contributed by atoms with E-state index in [1.165, 1.54) is 15.9 Å². The number of aryl methyl sites for hydroxylation is 4. The Labute approximate surface area is 187 Å². The van der Waals surface area contributed by atoms with Crippen LogP contribution in [0, 0.1) is 6.92 Å². The molecule has 0 saturated heterocycles. The summed E-state index contributed by atoms with van der Waals surface area (Å²) in [4.78, 5) is 27.8. The second-order valence-electron chi connectivity index (χ2n) is 7.30. The second-order valence-corrected chi connectivity index (χ2v) is 8.33. The molecule has 4 aromatic rings. The fourth-order valence-electron chi connectivity index (χ4n) is 3.66. The average Bonchev–Trinajstić information content (AvgIpc) is 3.42. The van der Waals surface area contributed by atoms with Crippen molar-refractivity contribution in [1.29, 1.82) is 0 Å². The van der Waals surface area contributed by atoms with Gasteiger partial charge in [-0.3, -0.25) is 13.9 Å². The van der Waals surface area contributed by atoms with Crippen LogP contribution in [-0.2, 0) is 30.7 Å². The van der Waals surface area contributed by atoms with Crippen LogP contribution in [0.1, 0.15) is 35.0 Å². The Morgan fingerprint density at radius 2 is 1.91 bits per heavy atom. The molecule has 4 rings (SSSR count). The molecule has 3 heterocycles. The normalized spacial score (nSPS) is 12.5. The maximum Gasteiger partial charge on any atom is 0.332 e. The lowest BCUT2D eigenvalue weighted by atomic mass is 10.1. The van der Waals surface area contributed by atoms with Crippen LogP contribution in [0.3, 0.4) is 0 Å². The minimum absolute atomic E-state index is 0.133. The molecule has 0 amide bonds. The summed E-state index contributed by atoms with van der Waals surface area (Å²) in [6.45, 7) is 4.41. The molecule has 1 unspecified atom stereocenters. The largest absolute Gasteiger partial charge is 0.364 e. The standard InChI is InChI=1S/C21H24N6O4S/c1-3-31-20(29)17-13(2)16-18(28)26(12-10-15-22-24-25-23-15)21(30)27(19(16)32-17)11-9-14-7-5-4-6-8-14/h4-8,20,29H,3,9-12H2,1-2H3,(H,22,23,24,25). The minimum Gasteiger partial charge on any atom is -0.364 e. The number of thiophene rings is 1. The van der Waals surface area contributed by atoms with E-state index in [1.807, 2.05) is 30.3 Å². The van der Waals surface area contributed by atoms with Gasteiger partial charge in [-0.2, -0.15) is 0 Å². The van der Waals surface area contributed by atoms with Gasteiger partial charge < -0.3 is 9.84 Å². The molecule has 1 aromatic carbocycles. The Hall–Kier alpha value is -3.15. The van der Waals surface area contributed by atoms with Crippen molar-refractivity contribution in [3.8, 4) is 0 Å². The highest BCUT2D eigenvalue weighted by atomic mass is 32.1. The molecule has 10 nitrogen and oxygen atoms in total. The molecule has 1 atom stereocenters. The van der Waals surface area contributed by atoms with Crippen molar-refractivity contribution in [2.75, 3.05) is 6.61 Å². The van der Waals surface area contributed by atoms with Gasteiger partial charge in [0.2, 0.25) is 0 Å². The van der Waals surface area contributed by atoms with Gasteiger partial charge in [0.15, 0.2) is 6.29 Å². The van der Waals surface area contributed by atoms with E-state index in [1.54, 1.807) is 18.4 Å². The first-order valence-corrected chi connectivity index (χ1v) is 11.2. The third kappa shape index (κ3) is 4.27. The van der Waals surface area contributed by atoms with Crippen LogP contribution in [0.5, 0.6) is 0 Å². The van der Waals surface area contributed by atoms with Crippen molar-refractivity contribution in [2.45, 2.75) is 46.1 Å². The van der Waals surface area contributed by atoms with E-state index in [4.69, 9.17) is 4.74 Å². The van der Waals surface area contributed by atoms with Crippen LogP contribution in [0.4, 0.5) is 0 Å². The van der Waals surface area contributed by atoms with E-state index >= 15 is 0 Å². The van der Waals surface area contributed by atoms with E-state index in [0.29, 0.717) is 52.5 Å². The SMILES string of the molecule is CCOC(O)c1sc2c(c1C)c(=O)n(CCc1nnn[nH]1)c(=O)n2CCc1ccccc1. The summed E-state index contributed by atoms with van der Waals surface area (Å²) in [5.74, 6) is 0.488. The molecule has 0 saturated carbocycles. The molecule has 2 N–H and O–H groups in total. The number of nitrogens with one attached hydrogen (secondary N) is 1. The summed E-state index contributed by atoms with van der Waals surface area (Å²) < 4.78 is 8.18. The molecule has 0 spiro atoms. The maximum absolute atomic E-state index is 13.4. The number of nitrogens with zero attached hydrogens (tertiary/aromatic N) is 5. The zero-order valence-electron chi connectivity index (χ0n) is 17.8. The van der Waals surface area contributed by atoms with Gasteiger partial charge in [0.1, 0.15) is 10.7 Å². The number of aromatic amines is 1. The fourth-order valence-corrected chi connectivity index (χ4v) is 4.92. The predicted octanol–water partition coefficient (Wildman–Crippen LogP) is 1.56. The zero-order valence-corrected chi connectivity index (χ0v) is 18.6. The lowest BCUT2D eigenvalue weighted by molar-refractivity contribution is -0.0958. The molecule has 168 valence electrons. The number of aromatic nitrogens is 6. The van der Waals surface area contributed by atoms with Gasteiger partial charge in [-0.05, 0) is 41.8 Å². The van der Waals surface area contributed by atoms with Gasteiger partial charge in [-0.15, -0.1) is 16.4 Å². The van der Waals surface area contributed by atoms with Crippen molar-refractivity contribution in [3.05, 3.63) is 73.0 Å². The summed E-state index contributed by atoms with van der Waals surface area (Å²) >= 11 is 1.22. The number of tetrazole rings is 1. The predicted molar refractivity (Wildman–Crippen MR) is 120 cm³/mol. The molecular formula is C21H24N6O4S. The molecule has 0 aliphatic rings. The average molecular weight is 457 g/mol. The summed E-state index contributed by atoms with van der Waals surface area (Å²) in [5.41, 5.74) is 0.919. The number of rotatable bonds is 9. The smallest absolute Gasteiger partial charge is 0.332 e. The zero-order chi connectivity index (χ0) is 22.7. The molecule has 0 radical (unpaired) electrons. The lowest BCUT2D eigenvalue weighted by Gasteiger charge is -2.12. The highest BCUT2D eigenvalue weighted by molar-refractivity contribution is 7.19. The van der Waals surface area contributed by atoms with Crippen LogP contribution in [0.25, 0.3) is 10.2 Å². The third-order valence-electron chi connectivity index (χ3n) is 5.31. The van der Waals surface area contributed by atoms with Gasteiger partial charge in [0, 0.05) is 26.1 Å². The lowest BCUT2D eigenvalue weighted by Crippen LogP contribution is -2.40. The van der Waals surface area contributed by atoms with E-state index < -0.39 is 17.5 Å². The number of hydrogen-bond donors (Lipinski definition) is 2. The Kier molecular flexibility index (Phi) is 6.58. The first-order valence-electron chi connectivity index (χ1n) is 10.3. The topological polar surface area (TPSA) is 128 Å². The molecule has 0 bridgehead atoms. The van der Waals surface area contributed by atoms with Crippen molar-refractivity contribution < 1.29 is 9.84 Å². The van der Waals surface area contributed by atoms with Gasteiger partial charge in [-0.25, -0.2) is 9.89 Å². The summed E-state index contributed by atoms with van der Waals surface area (Å²) in [6.07, 6.45) is -0.215. The molecule has 0 fully saturated rings. The molecule has 0 aliphatic carbocycles. The number of ether oxygens (including phenoxy) is 1. The van der Waals surface area contributed by atoms with E-state index in [9.17, 15) is 14.7 Å². The Morgan fingerprint density at radius 3 is 2.59 bits per heavy atom. The van der Waals surface area contributed by atoms with Gasteiger partial charge in [0.25, 0.3) is 5.56 Å². The number of fused-ring (bicyclic) bond motifs is 1. The quantitative estimate of drug-likeness (QED) is 0.366. The van der Waals surface area contributed by atoms with Crippen LogP contribution in [0.15, 0.2) is 39.9 Å². The number of benzene rings is 1. The molecule has 3 aromatic heterocycles. The van der Waals surface area contributed by atoms with Gasteiger partial charge >= 0.3 is 5.69 Å². The minimum atomic E-state index is -1.15. The number of aliphatic hydroxyl groups is 1. The van der Waals surface area contributed by atoms with Crippen molar-refractivity contribution in [3.63, 3.8) is 0 Å². The molecule has 0 aliphatic heterocycles. The van der Waals surface area contributed by atoms with Crippen LogP contribution >= 0.6 is 11.3 Å². The molecule has 11 heteroatoms. The first-order chi connectivity index (χ1) is 15.5. The first kappa shape index (κ1) is 22.1. The highest BCUT2D eigenvalue weighted by Gasteiger charge is 2.23. The Bertz CT molecular complexity index is 1310. The third-order valence-corrected chi connectivity index (χ3v) is 6.65. The van der Waals surface area contributed by atoms with Crippen LogP contribution in [-0.4, -0.2) is 41.5 Å². The number of hydrogen-bond acceptors (Lipinski definition) is 8. The summed E-state index contributed by atoms with van der Waals surface area (Å²) in [6, 6.07) is 9.84. The second kappa shape index (κ2) is 9.55. The highest BCUT2D eigenvalue weighted by Crippen LogP contribution is 2.33. The van der Waals surface area contributed by atoms with E-state index in [2.05, 4.69) is 20.6 Å². The summed E-state index contributed by atoms with van der Waals surface area (Å²) in [5, 5.41) is 24.4. The fraction of sp³-hybridized carbons (Fsp3) is 0.381. The van der Waals surface area contributed by atoms with Gasteiger partial charge in [0.05, 0.1) is 10.3 Å². The Balaban J connectivity index is 1.82. The van der Waals surface area contributed by atoms with Gasteiger partial charge in [-0.1, -0.05) is 30.3 Å². The van der Waals surface area contributed by atoms with Crippen molar-refractivity contribution in [1.82, 2.24) is 29.8 Å². The van der Waals surface area contributed by atoms with E-state index in [0.717, 1.165) is 5.56 Å². The van der Waals surface area contributed by atoms with Crippen LogP contribution < -0.4 is 11.2 Å². The van der Waals surface area contributed by atoms with Crippen molar-refractivity contribution >= 4 is 21.6 Å². The Morgan fingerprint density at radius 1 is 1.16 bits per heavy atom. The molecular weight excluding hydrogens is 432 g/mol. The summed E-state index contributed by atoms with van der Waals surface area (Å²) in [7, 11) is 0. The number of H-pyrrole nitrogens is 1. The number of aliphatic hydroxyl groups excluding tert-OH is 1. The van der Waals surface area contributed by atoms with Crippen molar-refractivity contribution in [2.24, 2.45) is 0 Å². The van der Waals surface area contributed by atoms with E-state index in [-0.39, 0.29) is 6.54 Å². The van der Waals surface area contributed by atoms with Crippen LogP contribution in [0.2, 0.25) is 0 Å². The monoisotopic (exact) mass is 456 g/mol. The molecule has 32 heavy (non-hydrogen) atoms. The maximum atomic E-state index is 13.4.